The molecule has 40 heavy (non-hydrogen) atoms. The van der Waals surface area contributed by atoms with Gasteiger partial charge in [0.15, 0.2) is 11.4 Å². The molecule has 1 N–H and O–H groups in total. The van der Waals surface area contributed by atoms with Gasteiger partial charge >= 0.3 is 5.97 Å². The molecule has 6 rings (SSSR count). The van der Waals surface area contributed by atoms with Crippen LogP contribution in [0.4, 0.5) is 0 Å². The summed E-state index contributed by atoms with van der Waals surface area (Å²) in [5, 5.41) is 9.82. The van der Waals surface area contributed by atoms with Crippen LogP contribution in [0.15, 0.2) is 96.0 Å². The molecule has 1 amide bonds. The van der Waals surface area contributed by atoms with E-state index in [1.54, 1.807) is 4.57 Å². The van der Waals surface area contributed by atoms with E-state index in [1.807, 2.05) is 59.5 Å². The first-order chi connectivity index (χ1) is 19.5. The number of rotatable bonds is 8. The van der Waals surface area contributed by atoms with Gasteiger partial charge in [-0.15, -0.1) is 0 Å². The first-order valence-electron chi connectivity index (χ1n) is 13.6. The van der Waals surface area contributed by atoms with E-state index < -0.39 is 17.0 Å². The van der Waals surface area contributed by atoms with Gasteiger partial charge in [0.2, 0.25) is 5.43 Å². The second-order valence-electron chi connectivity index (χ2n) is 10.6. The van der Waals surface area contributed by atoms with Gasteiger partial charge in [-0.05, 0) is 29.9 Å². The second-order valence-corrected chi connectivity index (χ2v) is 10.6. The molecule has 3 aromatic rings. The number of carbonyl (C=O) groups is 2. The number of carboxylic acids is 1. The van der Waals surface area contributed by atoms with Crippen molar-refractivity contribution in [3.05, 3.63) is 124 Å². The van der Waals surface area contributed by atoms with Gasteiger partial charge in [-0.1, -0.05) is 85.0 Å². The Morgan fingerprint density at radius 1 is 0.950 bits per heavy atom. The second kappa shape index (κ2) is 11.0. The number of aromatic carboxylic acids is 1. The van der Waals surface area contributed by atoms with Crippen LogP contribution in [0.2, 0.25) is 0 Å². The highest BCUT2D eigenvalue weighted by Crippen LogP contribution is 2.34. The van der Waals surface area contributed by atoms with E-state index >= 15 is 0 Å². The van der Waals surface area contributed by atoms with Crippen LogP contribution in [0.5, 0.6) is 5.75 Å². The van der Waals surface area contributed by atoms with Crippen LogP contribution < -0.4 is 10.2 Å². The monoisotopic (exact) mass is 537 g/mol. The smallest absolute Gasteiger partial charge is 0.341 e. The zero-order valence-electron chi connectivity index (χ0n) is 22.1. The molecule has 3 heterocycles. The molecule has 0 saturated carbocycles. The fourth-order valence-electron chi connectivity index (χ4n) is 6.04. The van der Waals surface area contributed by atoms with E-state index in [0.717, 1.165) is 24.1 Å². The normalized spacial score (nSPS) is 21.8. The average Bonchev–Trinajstić information content (AvgIpc) is 3.30. The molecular weight excluding hydrogens is 506 g/mol. The molecule has 1 saturated heterocycles. The molecule has 2 aliphatic heterocycles. The summed E-state index contributed by atoms with van der Waals surface area (Å²) in [5.74, 6) is -1.53. The van der Waals surface area contributed by atoms with Crippen LogP contribution >= 0.6 is 0 Å². The van der Waals surface area contributed by atoms with Gasteiger partial charge in [-0.2, -0.15) is 0 Å². The van der Waals surface area contributed by atoms with Gasteiger partial charge in [0.1, 0.15) is 18.3 Å². The van der Waals surface area contributed by atoms with Crippen LogP contribution in [0, 0.1) is 5.92 Å². The molecule has 2 aromatic carbocycles. The van der Waals surface area contributed by atoms with Crippen LogP contribution in [0.3, 0.4) is 0 Å². The zero-order chi connectivity index (χ0) is 27.6. The summed E-state index contributed by atoms with van der Waals surface area (Å²) in [6.07, 6.45) is 11.1. The Bertz CT molecular complexity index is 1530. The van der Waals surface area contributed by atoms with Crippen molar-refractivity contribution < 1.29 is 19.4 Å². The summed E-state index contributed by atoms with van der Waals surface area (Å²) in [5.41, 5.74) is 0.871. The third-order valence-electron chi connectivity index (χ3n) is 7.93. The maximum absolute atomic E-state index is 14.3. The standard InChI is InChI=1S/C32H31N3O5/c36-29-26(32(38)39)19-34-20-27-33(17-23-12-6-2-7-13-23)18-25(16-22-10-4-1-5-11-22)35(27)31(37)28(34)30(29)40-21-24-14-8-3-9-15-24/h1-12,14-15,19,23,25,27H,13,16-18,20-21H2,(H,38,39)/t23?,25-,27-/m0/s1. The zero-order valence-corrected chi connectivity index (χ0v) is 22.1. The fraction of sp³-hybridized carbons (Fsp3) is 0.281. The maximum atomic E-state index is 14.3. The van der Waals surface area contributed by atoms with Crippen molar-refractivity contribution in [2.45, 2.75) is 38.2 Å². The van der Waals surface area contributed by atoms with Gasteiger partial charge in [0.05, 0.1) is 12.6 Å². The highest BCUT2D eigenvalue weighted by molar-refractivity contribution is 5.98. The number of hydrogen-bond acceptors (Lipinski definition) is 5. The molecule has 204 valence electrons. The number of nitrogens with zero attached hydrogens (tertiary/aromatic N) is 3. The van der Waals surface area contributed by atoms with Crippen molar-refractivity contribution >= 4 is 11.9 Å². The van der Waals surface area contributed by atoms with Crippen molar-refractivity contribution in [2.24, 2.45) is 5.92 Å². The molecule has 1 unspecified atom stereocenters. The van der Waals surface area contributed by atoms with E-state index in [1.165, 1.54) is 6.20 Å². The summed E-state index contributed by atoms with van der Waals surface area (Å²) < 4.78 is 7.57. The Kier molecular flexibility index (Phi) is 7.09. The van der Waals surface area contributed by atoms with Crippen molar-refractivity contribution in [3.63, 3.8) is 0 Å². The SMILES string of the molecule is O=C(O)c1cn2c(c(OCc3ccccc3)c1=O)C(=O)N1[C@@H](Cc3ccccc3)CN(CC3C=CC=CC3)[C@@H]1C2. The Morgan fingerprint density at radius 2 is 1.68 bits per heavy atom. The summed E-state index contributed by atoms with van der Waals surface area (Å²) in [6, 6.07) is 19.3. The predicted octanol–water partition coefficient (Wildman–Crippen LogP) is 3.97. The summed E-state index contributed by atoms with van der Waals surface area (Å²) >= 11 is 0. The molecule has 0 bridgehead atoms. The number of carboxylic acid groups (broad SMARTS) is 1. The predicted molar refractivity (Wildman–Crippen MR) is 150 cm³/mol. The van der Waals surface area contributed by atoms with Gasteiger partial charge in [-0.3, -0.25) is 14.5 Å². The molecule has 1 fully saturated rings. The third kappa shape index (κ3) is 4.98. The number of allylic oxidation sites excluding steroid dienone is 3. The number of hydrogen-bond donors (Lipinski definition) is 1. The Morgan fingerprint density at radius 3 is 2.35 bits per heavy atom. The molecule has 3 atom stereocenters. The first-order valence-corrected chi connectivity index (χ1v) is 13.6. The Balaban J connectivity index is 1.39. The third-order valence-corrected chi connectivity index (χ3v) is 7.93. The minimum Gasteiger partial charge on any atom is -0.483 e. The van der Waals surface area contributed by atoms with Crippen LogP contribution in [0.25, 0.3) is 0 Å². The van der Waals surface area contributed by atoms with Gasteiger partial charge < -0.3 is 19.3 Å². The van der Waals surface area contributed by atoms with E-state index in [2.05, 4.69) is 35.3 Å². The van der Waals surface area contributed by atoms with E-state index in [-0.39, 0.29) is 36.2 Å². The number of fused-ring (bicyclic) bond motifs is 2. The first kappa shape index (κ1) is 25.8. The molecule has 8 heteroatoms. The maximum Gasteiger partial charge on any atom is 0.341 e. The molecule has 1 aliphatic carbocycles. The molecule has 8 nitrogen and oxygen atoms in total. The molecular formula is C32H31N3O5. The van der Waals surface area contributed by atoms with Crippen molar-refractivity contribution in [2.75, 3.05) is 13.1 Å². The van der Waals surface area contributed by atoms with Crippen molar-refractivity contribution in [1.29, 1.82) is 0 Å². The molecule has 0 radical (unpaired) electrons. The minimum absolute atomic E-state index is 0.0456. The average molecular weight is 538 g/mol. The lowest BCUT2D eigenvalue weighted by Gasteiger charge is -2.39. The summed E-state index contributed by atoms with van der Waals surface area (Å²) in [4.78, 5) is 43.9. The largest absolute Gasteiger partial charge is 0.483 e. The number of ether oxygens (including phenoxy) is 1. The van der Waals surface area contributed by atoms with Crippen LogP contribution in [-0.4, -0.2) is 56.6 Å². The van der Waals surface area contributed by atoms with Gasteiger partial charge in [0, 0.05) is 19.3 Å². The quantitative estimate of drug-likeness (QED) is 0.468. The van der Waals surface area contributed by atoms with E-state index in [9.17, 15) is 19.5 Å². The van der Waals surface area contributed by atoms with Gasteiger partial charge in [0.25, 0.3) is 5.91 Å². The number of pyridine rings is 1. The van der Waals surface area contributed by atoms with Crippen LogP contribution in [0.1, 0.15) is 38.4 Å². The molecule has 3 aliphatic rings. The van der Waals surface area contributed by atoms with E-state index in [4.69, 9.17) is 4.74 Å². The lowest BCUT2D eigenvalue weighted by atomic mass is 10.00. The van der Waals surface area contributed by atoms with Crippen LogP contribution in [-0.2, 0) is 19.6 Å². The highest BCUT2D eigenvalue weighted by Gasteiger charge is 2.48. The minimum atomic E-state index is -1.34. The fourth-order valence-corrected chi connectivity index (χ4v) is 6.04. The summed E-state index contributed by atoms with van der Waals surface area (Å²) in [6.45, 7) is 1.86. The lowest BCUT2D eigenvalue weighted by Crippen LogP contribution is -2.53. The highest BCUT2D eigenvalue weighted by atomic mass is 16.5. The van der Waals surface area contributed by atoms with Crippen molar-refractivity contribution in [1.82, 2.24) is 14.4 Å². The number of amides is 1. The van der Waals surface area contributed by atoms with Crippen molar-refractivity contribution in [3.8, 4) is 5.75 Å². The molecule has 1 aromatic heterocycles. The topological polar surface area (TPSA) is 92.1 Å². The summed E-state index contributed by atoms with van der Waals surface area (Å²) in [7, 11) is 0. The number of carbonyl (C=O) groups excluding carboxylic acids is 1. The van der Waals surface area contributed by atoms with E-state index in [0.29, 0.717) is 25.4 Å². The number of aromatic nitrogens is 1. The molecule has 0 spiro atoms. The Hall–Kier alpha value is -4.43. The number of benzene rings is 2. The lowest BCUT2D eigenvalue weighted by molar-refractivity contribution is 0.0421. The Labute approximate surface area is 232 Å². The van der Waals surface area contributed by atoms with Gasteiger partial charge in [-0.25, -0.2) is 4.79 Å².